The van der Waals surface area contributed by atoms with Crippen molar-refractivity contribution in [2.75, 3.05) is 13.1 Å². The van der Waals surface area contributed by atoms with E-state index in [-0.39, 0.29) is 10.8 Å². The number of aliphatic hydroxyl groups is 1. The second-order valence-corrected chi connectivity index (χ2v) is 8.78. The van der Waals surface area contributed by atoms with E-state index < -0.39 is 15.6 Å². The molecular formula is C11H16ClNO3S2. The van der Waals surface area contributed by atoms with Gasteiger partial charge in [-0.3, -0.25) is 0 Å². The molecule has 0 spiro atoms. The Kier molecular flexibility index (Phi) is 3.77. The molecule has 1 unspecified atom stereocenters. The number of hydrogen-bond donors (Lipinski definition) is 1. The van der Waals surface area contributed by atoms with Crippen molar-refractivity contribution in [2.45, 2.75) is 36.5 Å². The van der Waals surface area contributed by atoms with Crippen LogP contribution in [0.3, 0.4) is 0 Å². The molecule has 0 bridgehead atoms. The molecule has 1 N–H and O–H groups in total. The lowest BCUT2D eigenvalue weighted by atomic mass is 9.97. The van der Waals surface area contributed by atoms with Gasteiger partial charge in [-0.25, -0.2) is 8.42 Å². The Balaban J connectivity index is 2.31. The van der Waals surface area contributed by atoms with Gasteiger partial charge >= 0.3 is 0 Å². The van der Waals surface area contributed by atoms with E-state index in [0.29, 0.717) is 23.7 Å². The average Bonchev–Trinajstić information content (AvgIpc) is 2.58. The minimum absolute atomic E-state index is 0.143. The molecule has 1 atom stereocenters. The van der Waals surface area contributed by atoms with Gasteiger partial charge in [0.2, 0.25) is 0 Å². The van der Waals surface area contributed by atoms with Crippen LogP contribution in [0.5, 0.6) is 0 Å². The molecule has 7 heteroatoms. The minimum Gasteiger partial charge on any atom is -0.389 e. The Morgan fingerprint density at radius 1 is 1.56 bits per heavy atom. The van der Waals surface area contributed by atoms with Crippen LogP contribution >= 0.6 is 22.9 Å². The van der Waals surface area contributed by atoms with Crippen LogP contribution in [0.2, 0.25) is 4.34 Å². The summed E-state index contributed by atoms with van der Waals surface area (Å²) in [5, 5.41) is 9.99. The Hall–Kier alpha value is -0.140. The maximum absolute atomic E-state index is 12.4. The molecule has 1 aromatic rings. The number of halogens is 1. The molecule has 2 heterocycles. The van der Waals surface area contributed by atoms with Crippen molar-refractivity contribution >= 4 is 33.0 Å². The Morgan fingerprint density at radius 3 is 2.72 bits per heavy atom. The summed E-state index contributed by atoms with van der Waals surface area (Å²) >= 11 is 6.99. The van der Waals surface area contributed by atoms with Gasteiger partial charge in [0.15, 0.2) is 0 Å². The highest BCUT2D eigenvalue weighted by atomic mass is 35.5. The number of piperidine rings is 1. The first-order chi connectivity index (χ1) is 8.22. The topological polar surface area (TPSA) is 57.6 Å². The van der Waals surface area contributed by atoms with E-state index in [4.69, 9.17) is 11.6 Å². The van der Waals surface area contributed by atoms with Gasteiger partial charge in [0, 0.05) is 13.1 Å². The van der Waals surface area contributed by atoms with E-state index in [1.807, 2.05) is 0 Å². The molecule has 1 aliphatic rings. The van der Waals surface area contributed by atoms with E-state index >= 15 is 0 Å². The first-order valence-electron chi connectivity index (χ1n) is 5.71. The molecule has 1 aromatic heterocycles. The summed E-state index contributed by atoms with van der Waals surface area (Å²) in [6.07, 6.45) is 1.30. The van der Waals surface area contributed by atoms with Crippen LogP contribution in [0.4, 0.5) is 0 Å². The predicted molar refractivity (Wildman–Crippen MR) is 72.7 cm³/mol. The molecule has 0 aliphatic carbocycles. The minimum atomic E-state index is -3.53. The normalized spacial score (nSPS) is 26.4. The summed E-state index contributed by atoms with van der Waals surface area (Å²) in [5.41, 5.74) is -0.175. The third-order valence-electron chi connectivity index (χ3n) is 3.07. The van der Waals surface area contributed by atoms with E-state index in [1.165, 1.54) is 4.31 Å². The third-order valence-corrected chi connectivity index (χ3v) is 6.92. The summed E-state index contributed by atoms with van der Waals surface area (Å²) < 4.78 is 26.9. The SMILES string of the molecule is Cc1cc(S(=O)(=O)N2CCCC(C)(O)C2)sc1Cl. The van der Waals surface area contributed by atoms with Gasteiger partial charge < -0.3 is 5.11 Å². The summed E-state index contributed by atoms with van der Waals surface area (Å²) in [7, 11) is -3.53. The summed E-state index contributed by atoms with van der Waals surface area (Å²) in [4.78, 5) is 0. The largest absolute Gasteiger partial charge is 0.389 e. The lowest BCUT2D eigenvalue weighted by Gasteiger charge is -2.35. The molecule has 0 saturated carbocycles. The molecule has 1 saturated heterocycles. The summed E-state index contributed by atoms with van der Waals surface area (Å²) in [6.45, 7) is 4.04. The third kappa shape index (κ3) is 2.72. The van der Waals surface area contributed by atoms with Crippen LogP contribution in [0, 0.1) is 6.92 Å². The van der Waals surface area contributed by atoms with Gasteiger partial charge in [-0.1, -0.05) is 11.6 Å². The molecule has 102 valence electrons. The van der Waals surface area contributed by atoms with Crippen molar-refractivity contribution in [3.8, 4) is 0 Å². The summed E-state index contributed by atoms with van der Waals surface area (Å²) in [6, 6.07) is 1.59. The summed E-state index contributed by atoms with van der Waals surface area (Å²) in [5.74, 6) is 0. The lowest BCUT2D eigenvalue weighted by Crippen LogP contribution is -2.48. The van der Waals surface area contributed by atoms with Crippen LogP contribution in [-0.2, 0) is 10.0 Å². The van der Waals surface area contributed by atoms with E-state index in [2.05, 4.69) is 0 Å². The molecule has 0 aromatic carbocycles. The molecule has 0 amide bonds. The van der Waals surface area contributed by atoms with Crippen molar-refractivity contribution in [3.05, 3.63) is 16.0 Å². The zero-order valence-corrected chi connectivity index (χ0v) is 12.7. The van der Waals surface area contributed by atoms with Crippen LogP contribution < -0.4 is 0 Å². The molecule has 4 nitrogen and oxygen atoms in total. The predicted octanol–water partition coefficient (Wildman–Crippen LogP) is 2.25. The molecule has 1 aliphatic heterocycles. The number of nitrogens with zero attached hydrogens (tertiary/aromatic N) is 1. The zero-order chi connectivity index (χ0) is 13.6. The fraction of sp³-hybridized carbons (Fsp3) is 0.636. The number of β-amino-alcohol motifs (C(OH)–C–C–N with tert-alkyl or cyclic N) is 1. The van der Waals surface area contributed by atoms with Crippen LogP contribution in [0.1, 0.15) is 25.3 Å². The molecular weight excluding hydrogens is 294 g/mol. The Morgan fingerprint density at radius 2 is 2.22 bits per heavy atom. The number of aryl methyl sites for hydroxylation is 1. The second-order valence-electron chi connectivity index (χ2n) is 4.96. The zero-order valence-electron chi connectivity index (χ0n) is 10.3. The molecule has 18 heavy (non-hydrogen) atoms. The van der Waals surface area contributed by atoms with Crippen molar-refractivity contribution in [3.63, 3.8) is 0 Å². The van der Waals surface area contributed by atoms with Gasteiger partial charge in [-0.05, 0) is 38.3 Å². The standard InChI is InChI=1S/C11H16ClNO3S2/c1-8-6-9(17-10(8)12)18(15,16)13-5-3-4-11(2,14)7-13/h6,14H,3-5,7H2,1-2H3. The van der Waals surface area contributed by atoms with E-state index in [1.54, 1.807) is 19.9 Å². The smallest absolute Gasteiger partial charge is 0.252 e. The van der Waals surface area contributed by atoms with Gasteiger partial charge in [0.1, 0.15) is 4.21 Å². The van der Waals surface area contributed by atoms with Crippen molar-refractivity contribution in [1.29, 1.82) is 0 Å². The Labute approximate surface area is 116 Å². The van der Waals surface area contributed by atoms with Crippen molar-refractivity contribution in [2.24, 2.45) is 0 Å². The van der Waals surface area contributed by atoms with Crippen molar-refractivity contribution in [1.82, 2.24) is 4.31 Å². The highest BCUT2D eigenvalue weighted by molar-refractivity contribution is 7.91. The fourth-order valence-corrected chi connectivity index (χ4v) is 5.52. The highest BCUT2D eigenvalue weighted by Gasteiger charge is 2.36. The van der Waals surface area contributed by atoms with Crippen LogP contribution in [0.15, 0.2) is 10.3 Å². The Bertz CT molecular complexity index is 531. The van der Waals surface area contributed by atoms with Crippen LogP contribution in [-0.4, -0.2) is 36.5 Å². The van der Waals surface area contributed by atoms with Gasteiger partial charge in [-0.2, -0.15) is 4.31 Å². The highest BCUT2D eigenvalue weighted by Crippen LogP contribution is 2.34. The van der Waals surface area contributed by atoms with Gasteiger partial charge in [-0.15, -0.1) is 11.3 Å². The molecule has 0 radical (unpaired) electrons. The van der Waals surface area contributed by atoms with Crippen LogP contribution in [0.25, 0.3) is 0 Å². The van der Waals surface area contributed by atoms with Gasteiger partial charge in [0.25, 0.3) is 10.0 Å². The first-order valence-corrected chi connectivity index (χ1v) is 8.34. The monoisotopic (exact) mass is 309 g/mol. The van der Waals surface area contributed by atoms with Gasteiger partial charge in [0.05, 0.1) is 9.94 Å². The number of hydrogen-bond acceptors (Lipinski definition) is 4. The maximum atomic E-state index is 12.4. The average molecular weight is 310 g/mol. The fourth-order valence-electron chi connectivity index (χ4n) is 2.07. The number of sulfonamides is 1. The molecule has 2 rings (SSSR count). The number of thiophene rings is 1. The second kappa shape index (κ2) is 4.76. The van der Waals surface area contributed by atoms with Crippen molar-refractivity contribution < 1.29 is 13.5 Å². The maximum Gasteiger partial charge on any atom is 0.252 e. The van der Waals surface area contributed by atoms with E-state index in [9.17, 15) is 13.5 Å². The first kappa shape index (κ1) is 14.3. The lowest BCUT2D eigenvalue weighted by molar-refractivity contribution is 0.00945. The quantitative estimate of drug-likeness (QED) is 0.911. The van der Waals surface area contributed by atoms with E-state index in [0.717, 1.165) is 16.9 Å². The molecule has 1 fully saturated rings. The number of rotatable bonds is 2.